The summed E-state index contributed by atoms with van der Waals surface area (Å²) in [5.74, 6) is 0.279. The SMILES string of the molecule is CCOc1cc(/C=C2/SC(=Nc3ccc(I)cc3)NC2=O)ccc1O. The smallest absolute Gasteiger partial charge is 0.264 e. The fourth-order valence-electron chi connectivity index (χ4n) is 2.16. The van der Waals surface area contributed by atoms with Crippen molar-refractivity contribution in [2.75, 3.05) is 6.61 Å². The number of nitrogens with zero attached hydrogens (tertiary/aromatic N) is 1. The van der Waals surface area contributed by atoms with Crippen LogP contribution < -0.4 is 10.1 Å². The van der Waals surface area contributed by atoms with Gasteiger partial charge in [0.15, 0.2) is 16.7 Å². The van der Waals surface area contributed by atoms with E-state index in [1.807, 2.05) is 31.2 Å². The first-order valence-electron chi connectivity index (χ1n) is 7.56. The second-order valence-electron chi connectivity index (χ2n) is 5.12. The third-order valence-corrected chi connectivity index (χ3v) is 4.92. The summed E-state index contributed by atoms with van der Waals surface area (Å²) in [6, 6.07) is 12.7. The Morgan fingerprint density at radius 2 is 2.04 bits per heavy atom. The lowest BCUT2D eigenvalue weighted by atomic mass is 10.2. The molecule has 128 valence electrons. The van der Waals surface area contributed by atoms with Gasteiger partial charge in [0.05, 0.1) is 17.2 Å². The Kier molecular flexibility index (Phi) is 5.64. The number of ether oxygens (including phenoxy) is 1. The Labute approximate surface area is 163 Å². The number of hydrogen-bond acceptors (Lipinski definition) is 5. The molecule has 0 unspecified atom stereocenters. The molecule has 25 heavy (non-hydrogen) atoms. The second-order valence-corrected chi connectivity index (χ2v) is 7.39. The van der Waals surface area contributed by atoms with Crippen molar-refractivity contribution in [2.24, 2.45) is 4.99 Å². The third kappa shape index (κ3) is 4.55. The number of thioether (sulfide) groups is 1. The number of rotatable bonds is 4. The summed E-state index contributed by atoms with van der Waals surface area (Å²) in [4.78, 5) is 17.1. The second kappa shape index (κ2) is 7.92. The lowest BCUT2D eigenvalue weighted by Gasteiger charge is -2.06. The van der Waals surface area contributed by atoms with Crippen molar-refractivity contribution in [1.29, 1.82) is 0 Å². The van der Waals surface area contributed by atoms with Crippen LogP contribution in [0.4, 0.5) is 5.69 Å². The van der Waals surface area contributed by atoms with Crippen molar-refractivity contribution < 1.29 is 14.6 Å². The highest BCUT2D eigenvalue weighted by Gasteiger charge is 2.23. The van der Waals surface area contributed by atoms with Crippen LogP contribution in [0.25, 0.3) is 6.08 Å². The molecule has 1 fully saturated rings. The average Bonchev–Trinajstić information content (AvgIpc) is 2.92. The lowest BCUT2D eigenvalue weighted by Crippen LogP contribution is -2.19. The molecule has 0 bridgehead atoms. The van der Waals surface area contributed by atoms with Crippen LogP contribution in [-0.4, -0.2) is 22.8 Å². The zero-order chi connectivity index (χ0) is 17.8. The first kappa shape index (κ1) is 17.8. The molecule has 0 saturated carbocycles. The molecule has 1 aliphatic rings. The fourth-order valence-corrected chi connectivity index (χ4v) is 3.36. The number of hydrogen-bond donors (Lipinski definition) is 2. The summed E-state index contributed by atoms with van der Waals surface area (Å²) in [5, 5.41) is 13.1. The van der Waals surface area contributed by atoms with Gasteiger partial charge in [-0.3, -0.25) is 4.79 Å². The average molecular weight is 466 g/mol. The first-order valence-corrected chi connectivity index (χ1v) is 9.45. The van der Waals surface area contributed by atoms with Crippen LogP contribution in [0.5, 0.6) is 11.5 Å². The highest BCUT2D eigenvalue weighted by molar-refractivity contribution is 14.1. The van der Waals surface area contributed by atoms with E-state index in [4.69, 9.17) is 4.74 Å². The van der Waals surface area contributed by atoms with Crippen LogP contribution in [0.3, 0.4) is 0 Å². The number of nitrogens with one attached hydrogen (secondary N) is 1. The van der Waals surface area contributed by atoms with E-state index >= 15 is 0 Å². The molecular weight excluding hydrogens is 451 g/mol. The third-order valence-electron chi connectivity index (χ3n) is 3.29. The minimum Gasteiger partial charge on any atom is -0.504 e. The summed E-state index contributed by atoms with van der Waals surface area (Å²) < 4.78 is 6.49. The summed E-state index contributed by atoms with van der Waals surface area (Å²) in [5.41, 5.74) is 1.56. The van der Waals surface area contributed by atoms with E-state index in [2.05, 4.69) is 32.9 Å². The van der Waals surface area contributed by atoms with Crippen LogP contribution in [0.2, 0.25) is 0 Å². The van der Waals surface area contributed by atoms with Crippen LogP contribution in [0.15, 0.2) is 52.4 Å². The quantitative estimate of drug-likeness (QED) is 0.521. The summed E-state index contributed by atoms with van der Waals surface area (Å²) in [7, 11) is 0. The normalized spacial score (nSPS) is 17.1. The highest BCUT2D eigenvalue weighted by atomic mass is 127. The minimum atomic E-state index is -0.194. The van der Waals surface area contributed by atoms with Crippen molar-refractivity contribution in [3.05, 3.63) is 56.5 Å². The number of carbonyl (C=O) groups excluding carboxylic acids is 1. The number of benzene rings is 2. The minimum absolute atomic E-state index is 0.0773. The summed E-state index contributed by atoms with van der Waals surface area (Å²) >= 11 is 3.51. The van der Waals surface area contributed by atoms with E-state index in [-0.39, 0.29) is 11.7 Å². The lowest BCUT2D eigenvalue weighted by molar-refractivity contribution is -0.115. The van der Waals surface area contributed by atoms with Crippen LogP contribution in [0, 0.1) is 3.57 Å². The Balaban J connectivity index is 1.81. The molecule has 2 N–H and O–H groups in total. The predicted octanol–water partition coefficient (Wildman–Crippen LogP) is 4.29. The Bertz CT molecular complexity index is 863. The van der Waals surface area contributed by atoms with Gasteiger partial charge in [0.1, 0.15) is 0 Å². The highest BCUT2D eigenvalue weighted by Crippen LogP contribution is 2.31. The Hall–Kier alpha value is -2.00. The zero-order valence-corrected chi connectivity index (χ0v) is 16.3. The van der Waals surface area contributed by atoms with E-state index < -0.39 is 0 Å². The molecule has 0 spiro atoms. The van der Waals surface area contributed by atoms with E-state index in [1.54, 1.807) is 24.3 Å². The molecule has 2 aromatic rings. The number of halogens is 1. The maximum Gasteiger partial charge on any atom is 0.264 e. The Morgan fingerprint density at radius 3 is 2.76 bits per heavy atom. The molecule has 1 heterocycles. The number of amides is 1. The van der Waals surface area contributed by atoms with Crippen molar-refractivity contribution in [3.8, 4) is 11.5 Å². The molecule has 5 nitrogen and oxygen atoms in total. The molecule has 1 amide bonds. The van der Waals surface area contributed by atoms with E-state index in [0.717, 1.165) is 14.8 Å². The summed E-state index contributed by atoms with van der Waals surface area (Å²) in [6.07, 6.45) is 1.75. The van der Waals surface area contributed by atoms with E-state index in [1.165, 1.54) is 11.8 Å². The number of phenolic OH excluding ortho intramolecular Hbond substituents is 1. The standard InChI is InChI=1S/C18H15IN2O3S/c1-2-24-15-9-11(3-8-14(15)22)10-16-17(23)21-18(25-16)20-13-6-4-12(19)5-7-13/h3-10,22H,2H2,1H3,(H,20,21,23)/b16-10+. The van der Waals surface area contributed by atoms with Crippen molar-refractivity contribution in [3.63, 3.8) is 0 Å². The van der Waals surface area contributed by atoms with Gasteiger partial charge in [-0.1, -0.05) is 6.07 Å². The molecule has 0 atom stereocenters. The number of amidine groups is 1. The first-order chi connectivity index (χ1) is 12.0. The van der Waals surface area contributed by atoms with E-state index in [0.29, 0.717) is 22.4 Å². The maximum absolute atomic E-state index is 12.1. The number of aliphatic imine (C=N–C) groups is 1. The molecule has 0 radical (unpaired) electrons. The van der Waals surface area contributed by atoms with Gasteiger partial charge in [-0.25, -0.2) is 4.99 Å². The van der Waals surface area contributed by atoms with Gasteiger partial charge < -0.3 is 15.2 Å². The molecule has 1 saturated heterocycles. The van der Waals surface area contributed by atoms with Gasteiger partial charge in [-0.05, 0) is 89.3 Å². The molecule has 3 rings (SSSR count). The largest absolute Gasteiger partial charge is 0.504 e. The van der Waals surface area contributed by atoms with Crippen LogP contribution in [-0.2, 0) is 4.79 Å². The Morgan fingerprint density at radius 1 is 1.28 bits per heavy atom. The molecule has 0 aliphatic carbocycles. The summed E-state index contributed by atoms with van der Waals surface area (Å²) in [6.45, 7) is 2.30. The molecular formula is C18H15IN2O3S. The number of aromatic hydroxyl groups is 1. The van der Waals surface area contributed by atoms with Crippen LogP contribution in [0.1, 0.15) is 12.5 Å². The molecule has 7 heteroatoms. The fraction of sp³-hybridized carbons (Fsp3) is 0.111. The molecule has 2 aromatic carbocycles. The van der Waals surface area contributed by atoms with Gasteiger partial charge >= 0.3 is 0 Å². The van der Waals surface area contributed by atoms with Crippen molar-refractivity contribution in [1.82, 2.24) is 5.32 Å². The molecule has 0 aromatic heterocycles. The van der Waals surface area contributed by atoms with Gasteiger partial charge in [-0.2, -0.15) is 0 Å². The van der Waals surface area contributed by atoms with Gasteiger partial charge in [0.25, 0.3) is 5.91 Å². The topological polar surface area (TPSA) is 70.9 Å². The maximum atomic E-state index is 12.1. The predicted molar refractivity (Wildman–Crippen MR) is 109 cm³/mol. The van der Waals surface area contributed by atoms with Crippen molar-refractivity contribution >= 4 is 57.2 Å². The monoisotopic (exact) mass is 466 g/mol. The van der Waals surface area contributed by atoms with Crippen LogP contribution >= 0.6 is 34.4 Å². The van der Waals surface area contributed by atoms with Crippen molar-refractivity contribution in [2.45, 2.75) is 6.92 Å². The van der Waals surface area contributed by atoms with Gasteiger partial charge in [0, 0.05) is 3.57 Å². The van der Waals surface area contributed by atoms with Gasteiger partial charge in [0.2, 0.25) is 0 Å². The zero-order valence-electron chi connectivity index (χ0n) is 13.3. The molecule has 1 aliphatic heterocycles. The number of phenols is 1. The van der Waals surface area contributed by atoms with Gasteiger partial charge in [-0.15, -0.1) is 0 Å². The number of carbonyl (C=O) groups is 1. The van der Waals surface area contributed by atoms with E-state index in [9.17, 15) is 9.90 Å².